The lowest BCUT2D eigenvalue weighted by molar-refractivity contribution is 0.673. The fourth-order valence-corrected chi connectivity index (χ4v) is 12.4. The van der Waals surface area contributed by atoms with Gasteiger partial charge in [-0.3, -0.25) is 0 Å². The minimum absolute atomic E-state index is 0.342. The van der Waals surface area contributed by atoms with Crippen molar-refractivity contribution in [2.45, 2.75) is 0 Å². The molecule has 0 saturated carbocycles. The maximum absolute atomic E-state index is 9.12. The number of aromatic nitrogens is 3. The third-order valence-corrected chi connectivity index (χ3v) is 15.5. The van der Waals surface area contributed by atoms with E-state index < -0.39 is 0 Å². The summed E-state index contributed by atoms with van der Waals surface area (Å²) in [6.07, 6.45) is 0. The molecule has 7 heteroatoms. The Kier molecular flexibility index (Phi) is 8.46. The second-order valence-electron chi connectivity index (χ2n) is 19.2. The number of furan rings is 2. The van der Waals surface area contributed by atoms with Crippen molar-refractivity contribution in [3.8, 4) is 39.3 Å². The summed E-state index contributed by atoms with van der Waals surface area (Å²) >= 11 is 0. The first kappa shape index (κ1) is 41.1. The molecular formula is C68H37N5O2. The smallest absolute Gasteiger partial charge is 0.202 e. The van der Waals surface area contributed by atoms with Crippen LogP contribution in [-0.2, 0) is 0 Å². The molecule has 0 spiro atoms. The molecule has 5 heterocycles. The highest BCUT2D eigenvalue weighted by atomic mass is 16.3. The van der Waals surface area contributed by atoms with Crippen LogP contribution in [0.3, 0.4) is 0 Å². The molecule has 0 aliphatic carbocycles. The summed E-state index contributed by atoms with van der Waals surface area (Å²) in [6.45, 7) is 18.2. The van der Waals surface area contributed by atoms with E-state index in [2.05, 4.69) is 230 Å². The van der Waals surface area contributed by atoms with E-state index in [-0.39, 0.29) is 0 Å². The quantitative estimate of drug-likeness (QED) is 0.161. The highest BCUT2D eigenvalue weighted by Crippen LogP contribution is 2.52. The summed E-state index contributed by atoms with van der Waals surface area (Å²) in [5.74, 6) is 0. The fraction of sp³-hybridized carbons (Fsp3) is 0. The molecule has 7 nitrogen and oxygen atoms in total. The second kappa shape index (κ2) is 15.5. The van der Waals surface area contributed by atoms with Crippen LogP contribution in [0.25, 0.3) is 158 Å². The molecule has 0 unspecified atom stereocenters. The largest absolute Gasteiger partial charge is 0.455 e. The molecule has 0 aliphatic rings. The average Bonchev–Trinajstić information content (AvgIpc) is 4.31. The predicted octanol–water partition coefficient (Wildman–Crippen LogP) is 19.2. The molecule has 16 aromatic rings. The summed E-state index contributed by atoms with van der Waals surface area (Å²) in [5, 5.41) is 10.0. The van der Waals surface area contributed by atoms with E-state index in [1.165, 1.54) is 0 Å². The standard InChI is InChI=1S/C68H37N5O2/c1-69-52-39-53(70-2)63(73-57-34-16-12-26-51(57)61-59(73)38-36-49-47-30-18-28-43(66(47)75-68(49)61)41-21-7-4-8-22-41)64(71-54-31-13-9-23-44(54)45-24-10-14-32-55(45)71)62(52)72-56-33-15-11-25-50(56)60-58(72)37-35-48-46-29-17-27-42(65(46)74-67(48)60)40-19-5-3-6-20-40/h3-39H. The van der Waals surface area contributed by atoms with Gasteiger partial charge in [0.25, 0.3) is 0 Å². The maximum atomic E-state index is 9.12. The van der Waals surface area contributed by atoms with Gasteiger partial charge in [-0.25, -0.2) is 9.69 Å². The molecule has 5 aromatic heterocycles. The molecule has 0 radical (unpaired) electrons. The van der Waals surface area contributed by atoms with Crippen molar-refractivity contribution in [1.82, 2.24) is 13.7 Å². The molecule has 0 fully saturated rings. The highest BCUT2D eigenvalue weighted by molar-refractivity contribution is 6.27. The zero-order chi connectivity index (χ0) is 49.5. The lowest BCUT2D eigenvalue weighted by Gasteiger charge is -2.24. The van der Waals surface area contributed by atoms with Gasteiger partial charge in [0.15, 0.2) is 0 Å². The zero-order valence-corrected chi connectivity index (χ0v) is 39.9. The molecule has 0 saturated heterocycles. The van der Waals surface area contributed by atoms with Crippen LogP contribution in [0.15, 0.2) is 233 Å². The molecule has 16 rings (SSSR count). The minimum Gasteiger partial charge on any atom is -0.455 e. The SMILES string of the molecule is [C-]#[N+]c1cc([N+]#[C-])c(-n2c3ccccc3c3c4oc5c(-c6ccccc6)cccc5c4ccc32)c(-n2c3ccccc3c3ccccc32)c1-n1c2ccccc2c2c3oc4c(-c5ccccc5)cccc4c3ccc21. The number of benzene rings is 11. The molecule has 0 amide bonds. The van der Waals surface area contributed by atoms with Crippen LogP contribution in [0, 0.1) is 13.1 Å². The van der Waals surface area contributed by atoms with E-state index in [1.54, 1.807) is 6.07 Å². The van der Waals surface area contributed by atoms with Crippen molar-refractivity contribution in [1.29, 1.82) is 0 Å². The van der Waals surface area contributed by atoms with E-state index >= 15 is 0 Å². The third-order valence-electron chi connectivity index (χ3n) is 15.5. The summed E-state index contributed by atoms with van der Waals surface area (Å²) in [5.41, 5.74) is 15.5. The summed E-state index contributed by atoms with van der Waals surface area (Å²) in [6, 6.07) is 77.7. The van der Waals surface area contributed by atoms with Crippen molar-refractivity contribution in [2.24, 2.45) is 0 Å². The topological polar surface area (TPSA) is 49.8 Å². The van der Waals surface area contributed by atoms with Gasteiger partial charge in [0.05, 0.1) is 74.1 Å². The Morgan fingerprint density at radius 3 is 1.05 bits per heavy atom. The molecule has 0 aliphatic heterocycles. The van der Waals surface area contributed by atoms with Gasteiger partial charge in [0.1, 0.15) is 22.3 Å². The lowest BCUT2D eigenvalue weighted by Crippen LogP contribution is -2.09. The maximum Gasteiger partial charge on any atom is 0.202 e. The third kappa shape index (κ3) is 5.56. The summed E-state index contributed by atoms with van der Waals surface area (Å²) in [7, 11) is 0. The average molecular weight is 956 g/mol. The van der Waals surface area contributed by atoms with E-state index in [0.29, 0.717) is 28.4 Å². The number of hydrogen-bond acceptors (Lipinski definition) is 2. The van der Waals surface area contributed by atoms with Crippen molar-refractivity contribution >= 4 is 121 Å². The predicted molar refractivity (Wildman–Crippen MR) is 307 cm³/mol. The first-order chi connectivity index (χ1) is 37.2. The first-order valence-corrected chi connectivity index (χ1v) is 25.0. The fourth-order valence-electron chi connectivity index (χ4n) is 12.4. The molecule has 0 atom stereocenters. The Labute approximate surface area is 427 Å². The van der Waals surface area contributed by atoms with E-state index in [9.17, 15) is 0 Å². The van der Waals surface area contributed by atoms with Gasteiger partial charge in [-0.05, 0) is 65.7 Å². The van der Waals surface area contributed by atoms with Crippen LogP contribution in [0.4, 0.5) is 11.4 Å². The Hall–Kier alpha value is -10.6. The van der Waals surface area contributed by atoms with Crippen LogP contribution < -0.4 is 0 Å². The summed E-state index contributed by atoms with van der Waals surface area (Å²) in [4.78, 5) is 8.78. The van der Waals surface area contributed by atoms with E-state index in [4.69, 9.17) is 22.0 Å². The van der Waals surface area contributed by atoms with Crippen LogP contribution >= 0.6 is 0 Å². The van der Waals surface area contributed by atoms with E-state index in [1.807, 2.05) is 12.1 Å². The zero-order valence-electron chi connectivity index (χ0n) is 39.9. The van der Waals surface area contributed by atoms with Crippen LogP contribution in [0.2, 0.25) is 0 Å². The number of fused-ring (bicyclic) bond motifs is 17. The Balaban J connectivity index is 1.09. The summed E-state index contributed by atoms with van der Waals surface area (Å²) < 4.78 is 21.1. The van der Waals surface area contributed by atoms with Gasteiger partial charge in [0.2, 0.25) is 11.4 Å². The van der Waals surface area contributed by atoms with Gasteiger partial charge in [-0.1, -0.05) is 170 Å². The Bertz CT molecular complexity index is 4890. The van der Waals surface area contributed by atoms with Crippen molar-refractivity contribution in [2.75, 3.05) is 0 Å². The Morgan fingerprint density at radius 2 is 0.627 bits per heavy atom. The molecule has 11 aromatic carbocycles. The van der Waals surface area contributed by atoms with Gasteiger partial charge in [-0.15, -0.1) is 0 Å². The van der Waals surface area contributed by atoms with Gasteiger partial charge < -0.3 is 22.5 Å². The van der Waals surface area contributed by atoms with E-state index in [0.717, 1.165) is 132 Å². The highest BCUT2D eigenvalue weighted by Gasteiger charge is 2.31. The van der Waals surface area contributed by atoms with Gasteiger partial charge >= 0.3 is 0 Å². The van der Waals surface area contributed by atoms with Crippen LogP contribution in [0.5, 0.6) is 0 Å². The second-order valence-corrected chi connectivity index (χ2v) is 19.2. The monoisotopic (exact) mass is 955 g/mol. The van der Waals surface area contributed by atoms with Gasteiger partial charge in [0, 0.05) is 54.2 Å². The Morgan fingerprint density at radius 1 is 0.280 bits per heavy atom. The van der Waals surface area contributed by atoms with Crippen molar-refractivity contribution in [3.63, 3.8) is 0 Å². The lowest BCUT2D eigenvalue weighted by atomic mass is 10.0. The van der Waals surface area contributed by atoms with Crippen LogP contribution in [-0.4, -0.2) is 13.7 Å². The molecule has 75 heavy (non-hydrogen) atoms. The molecule has 0 N–H and O–H groups in total. The molecular weight excluding hydrogens is 919 g/mol. The number of para-hydroxylation sites is 6. The van der Waals surface area contributed by atoms with Gasteiger partial charge in [-0.2, -0.15) is 0 Å². The minimum atomic E-state index is 0.342. The number of nitrogens with zero attached hydrogens (tertiary/aromatic N) is 5. The first-order valence-electron chi connectivity index (χ1n) is 25.0. The molecule has 346 valence electrons. The van der Waals surface area contributed by atoms with Crippen molar-refractivity contribution < 1.29 is 8.83 Å². The number of rotatable bonds is 5. The van der Waals surface area contributed by atoms with Crippen molar-refractivity contribution in [3.05, 3.63) is 247 Å². The molecule has 0 bridgehead atoms. The normalized spacial score (nSPS) is 12.0. The number of hydrogen-bond donors (Lipinski definition) is 0. The van der Waals surface area contributed by atoms with Crippen LogP contribution in [0.1, 0.15) is 0 Å².